The summed E-state index contributed by atoms with van der Waals surface area (Å²) in [5.41, 5.74) is 0.159. The molecule has 0 fully saturated rings. The van der Waals surface area contributed by atoms with Crippen molar-refractivity contribution in [3.05, 3.63) is 35.4 Å². The summed E-state index contributed by atoms with van der Waals surface area (Å²) in [5.74, 6) is -1.88. The molecule has 5 heteroatoms. The van der Waals surface area contributed by atoms with E-state index in [2.05, 4.69) is 4.74 Å². The second kappa shape index (κ2) is 5.80. The van der Waals surface area contributed by atoms with Crippen molar-refractivity contribution in [1.29, 1.82) is 0 Å². The van der Waals surface area contributed by atoms with Crippen molar-refractivity contribution in [2.45, 2.75) is 0 Å². The number of esters is 1. The molecule has 0 aliphatic heterocycles. The van der Waals surface area contributed by atoms with Gasteiger partial charge in [-0.1, -0.05) is 12.1 Å². The quantitative estimate of drug-likeness (QED) is 0.375. The van der Waals surface area contributed by atoms with Gasteiger partial charge in [0.1, 0.15) is 0 Å². The summed E-state index contributed by atoms with van der Waals surface area (Å²) in [7, 11) is 1.23. The van der Waals surface area contributed by atoms with E-state index in [0.717, 1.165) is 0 Å². The Morgan fingerprint density at radius 1 is 1.29 bits per heavy atom. The van der Waals surface area contributed by atoms with Gasteiger partial charge >= 0.3 is 35.5 Å². The fraction of sp³-hybridized carbons (Fsp3) is 0.111. The van der Waals surface area contributed by atoms with Crippen molar-refractivity contribution >= 4 is 11.9 Å². The van der Waals surface area contributed by atoms with Gasteiger partial charge in [0.2, 0.25) is 0 Å². The number of carbonyl (C=O) groups excluding carboxylic acids is 2. The van der Waals surface area contributed by atoms with Crippen molar-refractivity contribution in [1.82, 2.24) is 0 Å². The van der Waals surface area contributed by atoms with E-state index in [-0.39, 0.29) is 40.7 Å². The van der Waals surface area contributed by atoms with E-state index >= 15 is 0 Å². The Balaban J connectivity index is 0.00000169. The average Bonchev–Trinajstić information content (AvgIpc) is 2.17. The van der Waals surface area contributed by atoms with Crippen LogP contribution in [-0.4, -0.2) is 19.0 Å². The summed E-state index contributed by atoms with van der Waals surface area (Å²) >= 11 is 0. The van der Waals surface area contributed by atoms with Crippen LogP contribution in [0.25, 0.3) is 0 Å². The van der Waals surface area contributed by atoms with Crippen LogP contribution in [0, 0.1) is 0 Å². The Labute approximate surface area is 103 Å². The normalized spacial score (nSPS) is 8.64. The smallest absolute Gasteiger partial charge is 0.545 e. The fourth-order valence-electron chi connectivity index (χ4n) is 0.891. The van der Waals surface area contributed by atoms with Crippen LogP contribution in [0.5, 0.6) is 0 Å². The molecular weight excluding hydrogens is 195 g/mol. The number of ether oxygens (including phenoxy) is 1. The third-order valence-electron chi connectivity index (χ3n) is 1.52. The minimum Gasteiger partial charge on any atom is -0.545 e. The van der Waals surface area contributed by atoms with E-state index in [1.54, 1.807) is 0 Å². The van der Waals surface area contributed by atoms with Crippen molar-refractivity contribution in [2.24, 2.45) is 0 Å². The molecule has 1 rings (SSSR count). The van der Waals surface area contributed by atoms with Gasteiger partial charge in [-0.05, 0) is 17.7 Å². The molecule has 14 heavy (non-hydrogen) atoms. The molecule has 0 aliphatic carbocycles. The van der Waals surface area contributed by atoms with E-state index in [0.29, 0.717) is 0 Å². The Morgan fingerprint density at radius 2 is 1.86 bits per heavy atom. The first-order valence-electron chi connectivity index (χ1n) is 3.55. The largest absolute Gasteiger partial charge is 1.00 e. The molecule has 0 unspecified atom stereocenters. The van der Waals surface area contributed by atoms with Gasteiger partial charge in [0.15, 0.2) is 0 Å². The zero-order valence-electron chi connectivity index (χ0n) is 7.94. The van der Waals surface area contributed by atoms with Gasteiger partial charge in [-0.25, -0.2) is 4.79 Å². The van der Waals surface area contributed by atoms with E-state index in [1.165, 1.54) is 31.4 Å². The minimum absolute atomic E-state index is 0. The molecule has 1 aromatic rings. The average molecular weight is 202 g/mol. The fourth-order valence-corrected chi connectivity index (χ4v) is 0.891. The van der Waals surface area contributed by atoms with Gasteiger partial charge < -0.3 is 14.6 Å². The zero-order valence-corrected chi connectivity index (χ0v) is 9.94. The summed E-state index contributed by atoms with van der Waals surface area (Å²) in [6, 6.07) is 5.48. The number of hydrogen-bond acceptors (Lipinski definition) is 4. The third kappa shape index (κ3) is 3.14. The molecule has 0 aromatic heterocycles. The van der Waals surface area contributed by atoms with E-state index in [1.807, 2.05) is 0 Å². The van der Waals surface area contributed by atoms with E-state index in [9.17, 15) is 14.7 Å². The maximum atomic E-state index is 11.0. The molecule has 0 saturated heterocycles. The van der Waals surface area contributed by atoms with Crippen LogP contribution in [0.15, 0.2) is 24.3 Å². The van der Waals surface area contributed by atoms with E-state index < -0.39 is 11.9 Å². The first-order chi connectivity index (χ1) is 6.15. The monoisotopic (exact) mass is 202 g/mol. The molecule has 68 valence electrons. The van der Waals surface area contributed by atoms with Crippen molar-refractivity contribution < 1.29 is 49.0 Å². The molecule has 0 radical (unpaired) electrons. The molecule has 0 bridgehead atoms. The minimum atomic E-state index is -1.31. The van der Waals surface area contributed by atoms with Crippen LogP contribution in [0.3, 0.4) is 0 Å². The molecule has 0 amide bonds. The summed E-state index contributed by atoms with van der Waals surface area (Å²) < 4.78 is 4.42. The van der Waals surface area contributed by atoms with Crippen LogP contribution >= 0.6 is 0 Å². The summed E-state index contributed by atoms with van der Waals surface area (Å²) in [6.45, 7) is 0. The number of carboxylic acids is 1. The number of aromatic carboxylic acids is 1. The van der Waals surface area contributed by atoms with Gasteiger partial charge in [-0.3, -0.25) is 0 Å². The standard InChI is InChI=1S/C9H8O4.Na/c1-13-9(12)7-4-2-3-6(5-7)8(10)11;/h2-5H,1H3,(H,10,11);/q;+1/p-1. The SMILES string of the molecule is COC(=O)c1cccc(C(=O)[O-])c1.[Na+]. The molecule has 0 spiro atoms. The molecule has 1 aromatic carbocycles. The molecule has 0 atom stereocenters. The summed E-state index contributed by atoms with van der Waals surface area (Å²) in [4.78, 5) is 21.4. The maximum Gasteiger partial charge on any atom is 1.00 e. The van der Waals surface area contributed by atoms with Crippen molar-refractivity contribution in [3.63, 3.8) is 0 Å². The van der Waals surface area contributed by atoms with Gasteiger partial charge in [0.05, 0.1) is 18.6 Å². The van der Waals surface area contributed by atoms with Crippen molar-refractivity contribution in [2.75, 3.05) is 7.11 Å². The summed E-state index contributed by atoms with van der Waals surface area (Å²) in [5, 5.41) is 10.4. The van der Waals surface area contributed by atoms with Crippen LogP contribution in [0.4, 0.5) is 0 Å². The van der Waals surface area contributed by atoms with Gasteiger partial charge in [0.25, 0.3) is 0 Å². The Kier molecular flexibility index (Phi) is 5.45. The molecule has 4 nitrogen and oxygen atoms in total. The number of hydrogen-bond donors (Lipinski definition) is 0. The Hall–Kier alpha value is -0.840. The zero-order chi connectivity index (χ0) is 9.84. The van der Waals surface area contributed by atoms with Crippen LogP contribution in [-0.2, 0) is 4.74 Å². The van der Waals surface area contributed by atoms with Crippen molar-refractivity contribution in [3.8, 4) is 0 Å². The first kappa shape index (κ1) is 13.2. The molecule has 0 heterocycles. The predicted octanol–water partition coefficient (Wildman–Crippen LogP) is -3.16. The number of benzene rings is 1. The number of carbonyl (C=O) groups is 2. The number of rotatable bonds is 2. The Morgan fingerprint density at radius 3 is 2.36 bits per heavy atom. The van der Waals surface area contributed by atoms with Crippen LogP contribution in [0.2, 0.25) is 0 Å². The molecule has 0 saturated carbocycles. The third-order valence-corrected chi connectivity index (χ3v) is 1.52. The Bertz CT molecular complexity index is 348. The second-order valence-corrected chi connectivity index (χ2v) is 2.36. The maximum absolute atomic E-state index is 11.0. The number of methoxy groups -OCH3 is 1. The summed E-state index contributed by atoms with van der Waals surface area (Å²) in [6.07, 6.45) is 0. The first-order valence-corrected chi connectivity index (χ1v) is 3.55. The molecular formula is C9H7NaO4. The molecule has 0 aliphatic rings. The van der Waals surface area contributed by atoms with Gasteiger partial charge in [0, 0.05) is 0 Å². The number of carboxylic acid groups (broad SMARTS) is 1. The predicted molar refractivity (Wildman–Crippen MR) is 42.1 cm³/mol. The topological polar surface area (TPSA) is 66.4 Å². The van der Waals surface area contributed by atoms with Gasteiger partial charge in [-0.2, -0.15) is 0 Å². The van der Waals surface area contributed by atoms with Crippen LogP contribution < -0.4 is 34.7 Å². The molecule has 0 N–H and O–H groups in total. The van der Waals surface area contributed by atoms with E-state index in [4.69, 9.17) is 0 Å². The second-order valence-electron chi connectivity index (χ2n) is 2.36. The van der Waals surface area contributed by atoms with Gasteiger partial charge in [-0.15, -0.1) is 0 Å². The van der Waals surface area contributed by atoms with Crippen LogP contribution in [0.1, 0.15) is 20.7 Å².